The van der Waals surface area contributed by atoms with Crippen LogP contribution >= 0.6 is 15.9 Å². The Bertz CT molecular complexity index is 877. The number of aryl methyl sites for hydroxylation is 2. The Morgan fingerprint density at radius 3 is 2.54 bits per heavy atom. The number of nitrogens with zero attached hydrogens (tertiary/aromatic N) is 1. The van der Waals surface area contributed by atoms with Gasteiger partial charge in [-0.3, -0.25) is 19.3 Å². The quantitative estimate of drug-likeness (QED) is 0.823. The molecule has 0 bridgehead atoms. The molecule has 0 atom stereocenters. The molecule has 2 aromatic carbocycles. The topological polar surface area (TPSA) is 66.5 Å². The van der Waals surface area contributed by atoms with Gasteiger partial charge in [0.05, 0.1) is 11.3 Å². The van der Waals surface area contributed by atoms with Gasteiger partial charge in [0.15, 0.2) is 0 Å². The number of nitrogens with one attached hydrogen (secondary N) is 1. The highest BCUT2D eigenvalue weighted by Gasteiger charge is 2.36. The third kappa shape index (κ3) is 2.97. The van der Waals surface area contributed by atoms with Gasteiger partial charge in [0, 0.05) is 10.2 Å². The minimum Gasteiger partial charge on any atom is -0.325 e. The molecule has 1 aliphatic heterocycles. The van der Waals surface area contributed by atoms with Crippen LogP contribution in [0.15, 0.2) is 40.9 Å². The van der Waals surface area contributed by atoms with Gasteiger partial charge in [-0.05, 0) is 55.3 Å². The third-order valence-corrected chi connectivity index (χ3v) is 4.52. The first-order valence-corrected chi connectivity index (χ1v) is 8.19. The Labute approximate surface area is 147 Å². The predicted octanol–water partition coefficient (Wildman–Crippen LogP) is 3.23. The molecule has 0 aromatic heterocycles. The molecular formula is C18H15BrN2O3. The van der Waals surface area contributed by atoms with E-state index < -0.39 is 11.7 Å². The Morgan fingerprint density at radius 1 is 1.08 bits per heavy atom. The van der Waals surface area contributed by atoms with Gasteiger partial charge in [-0.25, -0.2) is 0 Å². The van der Waals surface area contributed by atoms with Crippen molar-refractivity contribution < 1.29 is 14.4 Å². The Morgan fingerprint density at radius 2 is 1.83 bits per heavy atom. The van der Waals surface area contributed by atoms with Crippen LogP contribution in [0.25, 0.3) is 0 Å². The molecule has 6 heteroatoms. The lowest BCUT2D eigenvalue weighted by molar-refractivity contribution is -0.118. The summed E-state index contributed by atoms with van der Waals surface area (Å²) in [7, 11) is 0. The number of benzene rings is 2. The molecule has 2 amide bonds. The first-order chi connectivity index (χ1) is 11.4. The van der Waals surface area contributed by atoms with E-state index in [0.29, 0.717) is 21.4 Å². The van der Waals surface area contributed by atoms with Gasteiger partial charge < -0.3 is 5.32 Å². The fourth-order valence-corrected chi connectivity index (χ4v) is 2.95. The fraction of sp³-hybridized carbons (Fsp3) is 0.167. The van der Waals surface area contributed by atoms with E-state index in [1.165, 1.54) is 4.90 Å². The van der Waals surface area contributed by atoms with Crippen LogP contribution in [-0.4, -0.2) is 24.1 Å². The molecule has 0 aliphatic carbocycles. The first kappa shape index (κ1) is 16.4. The zero-order valence-electron chi connectivity index (χ0n) is 13.2. The minimum absolute atomic E-state index is 0.202. The SMILES string of the molecule is Cc1ccc(NC(=O)CN2C(=O)C(=O)c3cc(Br)ccc32)cc1C. The highest BCUT2D eigenvalue weighted by Crippen LogP contribution is 2.31. The molecule has 1 N–H and O–H groups in total. The lowest BCUT2D eigenvalue weighted by atomic mass is 10.1. The zero-order valence-corrected chi connectivity index (χ0v) is 14.8. The summed E-state index contributed by atoms with van der Waals surface area (Å²) in [5.74, 6) is -1.63. The molecule has 0 spiro atoms. The summed E-state index contributed by atoms with van der Waals surface area (Å²) in [5.41, 5.74) is 3.64. The second-order valence-electron chi connectivity index (χ2n) is 5.73. The van der Waals surface area contributed by atoms with Crippen LogP contribution in [0.1, 0.15) is 21.5 Å². The van der Waals surface area contributed by atoms with E-state index in [-0.39, 0.29) is 12.5 Å². The van der Waals surface area contributed by atoms with E-state index in [1.807, 2.05) is 32.0 Å². The van der Waals surface area contributed by atoms with Crippen molar-refractivity contribution in [1.29, 1.82) is 0 Å². The molecule has 0 fully saturated rings. The van der Waals surface area contributed by atoms with Crippen molar-refractivity contribution >= 4 is 44.9 Å². The van der Waals surface area contributed by atoms with Gasteiger partial charge in [0.25, 0.3) is 11.7 Å². The van der Waals surface area contributed by atoms with Gasteiger partial charge in [0.2, 0.25) is 5.91 Å². The van der Waals surface area contributed by atoms with E-state index in [9.17, 15) is 14.4 Å². The van der Waals surface area contributed by atoms with Crippen molar-refractivity contribution in [2.75, 3.05) is 16.8 Å². The molecule has 3 rings (SSSR count). The monoisotopic (exact) mass is 386 g/mol. The second-order valence-corrected chi connectivity index (χ2v) is 6.64. The number of anilines is 2. The van der Waals surface area contributed by atoms with Gasteiger partial charge in [-0.15, -0.1) is 0 Å². The van der Waals surface area contributed by atoms with Crippen LogP contribution in [0.4, 0.5) is 11.4 Å². The zero-order chi connectivity index (χ0) is 17.4. The van der Waals surface area contributed by atoms with Crippen molar-refractivity contribution in [3.63, 3.8) is 0 Å². The van der Waals surface area contributed by atoms with E-state index in [2.05, 4.69) is 21.2 Å². The smallest absolute Gasteiger partial charge is 0.299 e. The Kier molecular flexibility index (Phi) is 4.24. The van der Waals surface area contributed by atoms with Crippen molar-refractivity contribution in [3.05, 3.63) is 57.6 Å². The minimum atomic E-state index is -0.682. The molecule has 1 aliphatic rings. The van der Waals surface area contributed by atoms with Crippen LogP contribution < -0.4 is 10.2 Å². The number of halogens is 1. The number of carbonyl (C=O) groups excluding carboxylic acids is 3. The number of hydrogen-bond donors (Lipinski definition) is 1. The highest BCUT2D eigenvalue weighted by molar-refractivity contribution is 9.10. The summed E-state index contributed by atoms with van der Waals surface area (Å²) in [4.78, 5) is 37.7. The summed E-state index contributed by atoms with van der Waals surface area (Å²) >= 11 is 3.28. The van der Waals surface area contributed by atoms with E-state index in [4.69, 9.17) is 0 Å². The van der Waals surface area contributed by atoms with Crippen LogP contribution in [0.3, 0.4) is 0 Å². The van der Waals surface area contributed by atoms with Crippen LogP contribution in [0.5, 0.6) is 0 Å². The third-order valence-electron chi connectivity index (χ3n) is 4.03. The summed E-state index contributed by atoms with van der Waals surface area (Å²) in [6.45, 7) is 3.75. The van der Waals surface area contributed by atoms with Gasteiger partial charge in [-0.1, -0.05) is 22.0 Å². The molecule has 5 nitrogen and oxygen atoms in total. The van der Waals surface area contributed by atoms with E-state index in [0.717, 1.165) is 11.1 Å². The van der Waals surface area contributed by atoms with Crippen molar-refractivity contribution in [1.82, 2.24) is 0 Å². The number of Topliss-reactive ketones (excluding diaryl/α,β-unsaturated/α-hetero) is 1. The predicted molar refractivity (Wildman–Crippen MR) is 95.4 cm³/mol. The number of carbonyl (C=O) groups is 3. The normalized spacial score (nSPS) is 13.2. The second kappa shape index (κ2) is 6.20. The molecule has 0 saturated carbocycles. The summed E-state index contributed by atoms with van der Waals surface area (Å²) < 4.78 is 0.712. The summed E-state index contributed by atoms with van der Waals surface area (Å²) in [6.07, 6.45) is 0. The number of fused-ring (bicyclic) bond motifs is 1. The van der Waals surface area contributed by atoms with Crippen molar-refractivity contribution in [3.8, 4) is 0 Å². The summed E-state index contributed by atoms with van der Waals surface area (Å²) in [6, 6.07) is 10.6. The maximum Gasteiger partial charge on any atom is 0.299 e. The van der Waals surface area contributed by atoms with Crippen molar-refractivity contribution in [2.45, 2.75) is 13.8 Å². The molecule has 122 valence electrons. The fourth-order valence-electron chi connectivity index (χ4n) is 2.59. The Balaban J connectivity index is 1.78. The van der Waals surface area contributed by atoms with Crippen molar-refractivity contribution in [2.24, 2.45) is 0 Å². The molecule has 0 radical (unpaired) electrons. The Hall–Kier alpha value is -2.47. The lowest BCUT2D eigenvalue weighted by Crippen LogP contribution is -2.37. The largest absolute Gasteiger partial charge is 0.325 e. The van der Waals surface area contributed by atoms with Gasteiger partial charge >= 0.3 is 0 Å². The van der Waals surface area contributed by atoms with Crippen LogP contribution in [0, 0.1) is 13.8 Å². The number of ketones is 1. The maximum atomic E-state index is 12.3. The maximum absolute atomic E-state index is 12.3. The van der Waals surface area contributed by atoms with E-state index >= 15 is 0 Å². The first-order valence-electron chi connectivity index (χ1n) is 7.39. The van der Waals surface area contributed by atoms with E-state index in [1.54, 1.807) is 18.2 Å². The molecule has 0 saturated heterocycles. The highest BCUT2D eigenvalue weighted by atomic mass is 79.9. The molecular weight excluding hydrogens is 372 g/mol. The van der Waals surface area contributed by atoms with Gasteiger partial charge in [-0.2, -0.15) is 0 Å². The van der Waals surface area contributed by atoms with Crippen LogP contribution in [0.2, 0.25) is 0 Å². The number of hydrogen-bond acceptors (Lipinski definition) is 3. The lowest BCUT2D eigenvalue weighted by Gasteiger charge is -2.16. The van der Waals surface area contributed by atoms with Crippen LogP contribution in [-0.2, 0) is 9.59 Å². The molecule has 1 heterocycles. The number of rotatable bonds is 3. The number of amides is 2. The average Bonchev–Trinajstić information content (AvgIpc) is 2.76. The molecule has 0 unspecified atom stereocenters. The molecule has 24 heavy (non-hydrogen) atoms. The summed E-state index contributed by atoms with van der Waals surface area (Å²) in [5, 5.41) is 2.76. The van der Waals surface area contributed by atoms with Gasteiger partial charge in [0.1, 0.15) is 6.54 Å². The standard InChI is InChI=1S/C18H15BrN2O3/c1-10-3-5-13(7-11(10)2)20-16(22)9-21-15-6-4-12(19)8-14(15)17(23)18(21)24/h3-8H,9H2,1-2H3,(H,20,22). The average molecular weight is 387 g/mol. The molecule has 2 aromatic rings.